The Morgan fingerprint density at radius 3 is 2.30 bits per heavy atom. The van der Waals surface area contributed by atoms with Gasteiger partial charge in [0.1, 0.15) is 11.3 Å². The minimum atomic E-state index is -3.72. The second-order valence-corrected chi connectivity index (χ2v) is 9.34. The quantitative estimate of drug-likeness (QED) is 0.526. The summed E-state index contributed by atoms with van der Waals surface area (Å²) in [6.45, 7) is 4.97. The van der Waals surface area contributed by atoms with Crippen LogP contribution in [0, 0.1) is 0 Å². The van der Waals surface area contributed by atoms with Crippen molar-refractivity contribution in [2.75, 3.05) is 19.9 Å². The summed E-state index contributed by atoms with van der Waals surface area (Å²) in [7, 11) is -2.27. The minimum Gasteiger partial charge on any atom is -0.456 e. The molecule has 9 heteroatoms. The van der Waals surface area contributed by atoms with Gasteiger partial charge in [-0.2, -0.15) is 8.42 Å². The van der Waals surface area contributed by atoms with E-state index in [0.29, 0.717) is 5.69 Å². The molecule has 1 amide bonds. The molecule has 2 rings (SSSR count). The van der Waals surface area contributed by atoms with Crippen molar-refractivity contribution in [2.45, 2.75) is 32.3 Å². The summed E-state index contributed by atoms with van der Waals surface area (Å²) in [5, 5.41) is 2.48. The number of carbonyl (C=O) groups is 2. The van der Waals surface area contributed by atoms with E-state index in [0.717, 1.165) is 11.8 Å². The van der Waals surface area contributed by atoms with Crippen molar-refractivity contribution in [3.8, 4) is 0 Å². The van der Waals surface area contributed by atoms with E-state index in [4.69, 9.17) is 8.92 Å². The Morgan fingerprint density at radius 1 is 1.13 bits per heavy atom. The first-order valence-electron chi connectivity index (χ1n) is 9.26. The Morgan fingerprint density at radius 2 is 1.77 bits per heavy atom. The Balaban J connectivity index is 2.59. The van der Waals surface area contributed by atoms with Crippen molar-refractivity contribution < 1.29 is 26.9 Å². The lowest BCUT2D eigenvalue weighted by Crippen LogP contribution is -2.26. The molecule has 8 nitrogen and oxygen atoms in total. The van der Waals surface area contributed by atoms with Gasteiger partial charge < -0.3 is 10.1 Å². The molecule has 0 radical (unpaired) electrons. The molecule has 1 unspecified atom stereocenters. The number of benzene rings is 1. The number of hydrogen-bond donors (Lipinski definition) is 1. The fraction of sp³-hybridized carbons (Fsp3) is 0.381. The molecule has 0 bridgehead atoms. The summed E-state index contributed by atoms with van der Waals surface area (Å²) in [6, 6.07) is 11.8. The zero-order valence-corrected chi connectivity index (χ0v) is 18.4. The van der Waals surface area contributed by atoms with E-state index >= 15 is 0 Å². The van der Waals surface area contributed by atoms with Gasteiger partial charge >= 0.3 is 5.97 Å². The van der Waals surface area contributed by atoms with Gasteiger partial charge in [0.15, 0.2) is 0 Å². The molecule has 0 saturated heterocycles. The lowest BCUT2D eigenvalue weighted by Gasteiger charge is -2.21. The van der Waals surface area contributed by atoms with E-state index in [-0.39, 0.29) is 17.9 Å². The average Bonchev–Trinajstić information content (AvgIpc) is 2.66. The van der Waals surface area contributed by atoms with E-state index in [2.05, 4.69) is 10.3 Å². The van der Waals surface area contributed by atoms with Crippen molar-refractivity contribution in [3.05, 3.63) is 65.0 Å². The standard InChI is InChI=1S/C21H26N2O6S/c1-21(2,3)29-20(25)15-11-17(23-18(12-15)19(24)22-4)16(13-28-30(5,26)27)14-9-7-6-8-10-14/h6-12,16H,13H2,1-5H3,(H,22,24). The summed E-state index contributed by atoms with van der Waals surface area (Å²) in [5.74, 6) is -1.74. The maximum absolute atomic E-state index is 12.6. The highest BCUT2D eigenvalue weighted by Crippen LogP contribution is 2.26. The minimum absolute atomic E-state index is 0.0103. The van der Waals surface area contributed by atoms with Gasteiger partial charge in [0.05, 0.1) is 30.0 Å². The maximum Gasteiger partial charge on any atom is 0.338 e. The van der Waals surface area contributed by atoms with Gasteiger partial charge in [0, 0.05) is 7.05 Å². The molecule has 0 aliphatic heterocycles. The third kappa shape index (κ3) is 6.93. The van der Waals surface area contributed by atoms with E-state index < -0.39 is 33.5 Å². The van der Waals surface area contributed by atoms with Crippen LogP contribution in [-0.2, 0) is 19.0 Å². The molecule has 30 heavy (non-hydrogen) atoms. The normalized spacial score (nSPS) is 12.8. The van der Waals surface area contributed by atoms with Crippen molar-refractivity contribution >= 4 is 22.0 Å². The topological polar surface area (TPSA) is 112 Å². The number of hydrogen-bond acceptors (Lipinski definition) is 7. The first-order chi connectivity index (χ1) is 13.9. The van der Waals surface area contributed by atoms with Crippen LogP contribution in [-0.4, -0.2) is 50.8 Å². The molecule has 0 aliphatic carbocycles. The van der Waals surface area contributed by atoms with E-state index in [1.807, 2.05) is 6.07 Å². The molecule has 0 saturated carbocycles. The summed E-state index contributed by atoms with van der Waals surface area (Å²) in [5.41, 5.74) is 0.445. The highest BCUT2D eigenvalue weighted by Gasteiger charge is 2.25. The van der Waals surface area contributed by atoms with Crippen LogP contribution in [0.2, 0.25) is 0 Å². The van der Waals surface area contributed by atoms with Gasteiger partial charge in [-0.05, 0) is 38.5 Å². The highest BCUT2D eigenvalue weighted by molar-refractivity contribution is 7.85. The number of aromatic nitrogens is 1. The second-order valence-electron chi connectivity index (χ2n) is 7.70. The lowest BCUT2D eigenvalue weighted by atomic mass is 9.94. The van der Waals surface area contributed by atoms with Gasteiger partial charge in [0.2, 0.25) is 0 Å². The Labute approximate surface area is 176 Å². The summed E-state index contributed by atoms with van der Waals surface area (Å²) >= 11 is 0. The number of nitrogens with one attached hydrogen (secondary N) is 1. The molecule has 1 heterocycles. The van der Waals surface area contributed by atoms with Gasteiger partial charge in [0.25, 0.3) is 16.0 Å². The zero-order valence-electron chi connectivity index (χ0n) is 17.6. The molecule has 1 aromatic carbocycles. The number of rotatable bonds is 7. The molecule has 1 aromatic heterocycles. The predicted molar refractivity (Wildman–Crippen MR) is 112 cm³/mol. The Bertz CT molecular complexity index is 1010. The van der Waals surface area contributed by atoms with Crippen LogP contribution in [0.1, 0.15) is 58.8 Å². The van der Waals surface area contributed by atoms with Gasteiger partial charge in [-0.3, -0.25) is 8.98 Å². The van der Waals surface area contributed by atoms with E-state index in [9.17, 15) is 18.0 Å². The Hall–Kier alpha value is -2.78. The van der Waals surface area contributed by atoms with Gasteiger partial charge in [-0.1, -0.05) is 30.3 Å². The lowest BCUT2D eigenvalue weighted by molar-refractivity contribution is 0.00690. The van der Waals surface area contributed by atoms with Gasteiger partial charge in [-0.25, -0.2) is 9.78 Å². The van der Waals surface area contributed by atoms with Crippen molar-refractivity contribution in [1.82, 2.24) is 10.3 Å². The predicted octanol–water partition coefficient (Wildman–Crippen LogP) is 2.50. The molecule has 1 atom stereocenters. The highest BCUT2D eigenvalue weighted by atomic mass is 32.2. The molecular weight excluding hydrogens is 408 g/mol. The molecule has 162 valence electrons. The molecule has 0 fully saturated rings. The average molecular weight is 435 g/mol. The van der Waals surface area contributed by atoms with Crippen molar-refractivity contribution in [1.29, 1.82) is 0 Å². The summed E-state index contributed by atoms with van der Waals surface area (Å²) < 4.78 is 33.6. The van der Waals surface area contributed by atoms with E-state index in [1.54, 1.807) is 45.0 Å². The second kappa shape index (κ2) is 9.36. The zero-order chi connectivity index (χ0) is 22.5. The van der Waals surface area contributed by atoms with E-state index in [1.165, 1.54) is 19.2 Å². The third-order valence-electron chi connectivity index (χ3n) is 3.95. The molecular formula is C21H26N2O6S. The number of nitrogens with zero attached hydrogens (tertiary/aromatic N) is 1. The molecule has 1 N–H and O–H groups in total. The molecule has 0 aliphatic rings. The fourth-order valence-corrected chi connectivity index (χ4v) is 3.04. The fourth-order valence-electron chi connectivity index (χ4n) is 2.66. The van der Waals surface area contributed by atoms with Crippen LogP contribution in [0.25, 0.3) is 0 Å². The first-order valence-corrected chi connectivity index (χ1v) is 11.1. The first kappa shape index (κ1) is 23.5. The number of carbonyl (C=O) groups excluding carboxylic acids is 2. The summed E-state index contributed by atoms with van der Waals surface area (Å²) in [4.78, 5) is 29.3. The van der Waals surface area contributed by atoms with Crippen LogP contribution in [0.4, 0.5) is 0 Å². The number of pyridine rings is 1. The number of ether oxygens (including phenoxy) is 1. The Kier molecular flexibility index (Phi) is 7.33. The summed E-state index contributed by atoms with van der Waals surface area (Å²) in [6.07, 6.45) is 0.954. The van der Waals surface area contributed by atoms with Crippen LogP contribution in [0.5, 0.6) is 0 Å². The van der Waals surface area contributed by atoms with Crippen molar-refractivity contribution in [2.24, 2.45) is 0 Å². The molecule has 2 aromatic rings. The number of amides is 1. The van der Waals surface area contributed by atoms with Gasteiger partial charge in [-0.15, -0.1) is 0 Å². The smallest absolute Gasteiger partial charge is 0.338 e. The third-order valence-corrected chi connectivity index (χ3v) is 4.51. The number of esters is 1. The SMILES string of the molecule is CNC(=O)c1cc(C(=O)OC(C)(C)C)cc(C(COS(C)(=O)=O)c2ccccc2)n1. The monoisotopic (exact) mass is 434 g/mol. The van der Waals surface area contributed by atoms with Crippen molar-refractivity contribution in [3.63, 3.8) is 0 Å². The van der Waals surface area contributed by atoms with Crippen LogP contribution in [0.3, 0.4) is 0 Å². The molecule has 0 spiro atoms. The van der Waals surface area contributed by atoms with Crippen LogP contribution in [0.15, 0.2) is 42.5 Å². The van der Waals surface area contributed by atoms with Crippen LogP contribution >= 0.6 is 0 Å². The largest absolute Gasteiger partial charge is 0.456 e. The maximum atomic E-state index is 12.6. The van der Waals surface area contributed by atoms with Crippen LogP contribution < -0.4 is 5.32 Å².